The van der Waals surface area contributed by atoms with Gasteiger partial charge in [-0.05, 0) is 41.5 Å². The molecule has 0 unspecified atom stereocenters. The van der Waals surface area contributed by atoms with Gasteiger partial charge in [0.25, 0.3) is 5.97 Å². The lowest BCUT2D eigenvalue weighted by Gasteiger charge is -2.18. The Labute approximate surface area is 146 Å². The van der Waals surface area contributed by atoms with Crippen molar-refractivity contribution in [1.82, 2.24) is 11.0 Å². The largest absolute Gasteiger partial charge is 0.481 e. The third-order valence-corrected chi connectivity index (χ3v) is 1.17. The third-order valence-electron chi connectivity index (χ3n) is 1.17. The second-order valence-electron chi connectivity index (χ2n) is 6.33. The molecule has 4 N–H and O–H groups in total. The molecule has 11 nitrogen and oxygen atoms in total. The number of rotatable bonds is 0. The molecule has 0 rings (SSSR count). The van der Waals surface area contributed by atoms with E-state index in [2.05, 4.69) is 9.57 Å². The highest BCUT2D eigenvalue weighted by atomic mass is 16.7. The van der Waals surface area contributed by atoms with Crippen LogP contribution < -0.4 is 11.0 Å². The van der Waals surface area contributed by atoms with Crippen LogP contribution in [0.4, 0.5) is 9.59 Å². The van der Waals surface area contributed by atoms with Gasteiger partial charge in [-0.2, -0.15) is 0 Å². The summed E-state index contributed by atoms with van der Waals surface area (Å²) >= 11 is 0. The van der Waals surface area contributed by atoms with Gasteiger partial charge in [0, 0.05) is 13.8 Å². The third kappa shape index (κ3) is 38.9. The van der Waals surface area contributed by atoms with Gasteiger partial charge in [-0.1, -0.05) is 0 Å². The zero-order valence-corrected chi connectivity index (χ0v) is 15.8. The fraction of sp³-hybridized carbons (Fsp3) is 0.714. The smallest absolute Gasteiger partial charge is 0.441 e. The summed E-state index contributed by atoms with van der Waals surface area (Å²) in [5, 5.41) is 15.4. The highest BCUT2D eigenvalue weighted by Crippen LogP contribution is 2.06. The Bertz CT molecular complexity index is 433. The van der Waals surface area contributed by atoms with Gasteiger partial charge in [0.1, 0.15) is 11.2 Å². The summed E-state index contributed by atoms with van der Waals surface area (Å²) in [6, 6.07) is 0. The maximum absolute atomic E-state index is 10.8. The average Bonchev–Trinajstić information content (AvgIpc) is 2.32. The summed E-state index contributed by atoms with van der Waals surface area (Å²) < 4.78 is 9.35. The quantitative estimate of drug-likeness (QED) is 0.284. The first-order valence-corrected chi connectivity index (χ1v) is 6.99. The first-order chi connectivity index (χ1) is 11.0. The van der Waals surface area contributed by atoms with Crippen molar-refractivity contribution in [2.45, 2.75) is 66.6 Å². The minimum atomic E-state index is -0.833. The molecule has 0 aliphatic heterocycles. The van der Waals surface area contributed by atoms with E-state index in [1.165, 1.54) is 12.4 Å². The molecule has 11 heteroatoms. The van der Waals surface area contributed by atoms with Crippen molar-refractivity contribution < 1.29 is 43.8 Å². The predicted octanol–water partition coefficient (Wildman–Crippen LogP) is 1.98. The van der Waals surface area contributed by atoms with E-state index < -0.39 is 35.3 Å². The van der Waals surface area contributed by atoms with Gasteiger partial charge < -0.3 is 19.4 Å². The van der Waals surface area contributed by atoms with E-state index in [0.717, 1.165) is 6.92 Å². The lowest BCUT2D eigenvalue weighted by molar-refractivity contribution is -0.147. The number of hydrogen-bond donors (Lipinski definition) is 4. The van der Waals surface area contributed by atoms with Gasteiger partial charge in [0.2, 0.25) is 0 Å². The molecule has 25 heavy (non-hydrogen) atoms. The maximum Gasteiger partial charge on any atom is 0.441 e. The molecule has 0 aromatic carbocycles. The summed E-state index contributed by atoms with van der Waals surface area (Å²) in [5.74, 6) is -1.43. The highest BCUT2D eigenvalue weighted by molar-refractivity contribution is 5.71. The molecule has 0 heterocycles. The Hall–Kier alpha value is -2.56. The van der Waals surface area contributed by atoms with Gasteiger partial charge in [-0.15, -0.1) is 5.48 Å². The zero-order valence-electron chi connectivity index (χ0n) is 15.8. The molecule has 148 valence electrons. The maximum atomic E-state index is 10.8. The van der Waals surface area contributed by atoms with Crippen molar-refractivity contribution in [3.8, 4) is 0 Å². The highest BCUT2D eigenvalue weighted by Gasteiger charge is 2.16. The number of hydrogen-bond acceptors (Lipinski definition) is 8. The summed E-state index contributed by atoms with van der Waals surface area (Å²) in [6.45, 7) is 12.5. The number of carbonyl (C=O) groups excluding carboxylic acids is 3. The predicted molar refractivity (Wildman–Crippen MR) is 85.6 cm³/mol. The van der Waals surface area contributed by atoms with Gasteiger partial charge in [-0.3, -0.25) is 14.8 Å². The fourth-order valence-corrected chi connectivity index (χ4v) is 0.713. The van der Waals surface area contributed by atoms with E-state index in [-0.39, 0.29) is 0 Å². The normalized spacial score (nSPS) is 9.80. The number of nitrogens with one attached hydrogen (secondary N) is 2. The Morgan fingerprint density at radius 3 is 1.32 bits per heavy atom. The minimum absolute atomic E-state index is 0.549. The summed E-state index contributed by atoms with van der Waals surface area (Å²) in [7, 11) is 0. The number of carbonyl (C=O) groups is 4. The van der Waals surface area contributed by atoms with E-state index in [0.29, 0.717) is 0 Å². The van der Waals surface area contributed by atoms with Crippen LogP contribution in [0.5, 0.6) is 0 Å². The standard InChI is InChI=1S/C7H13NO4.C5H11NO3.C2H4O2/c1-5(9)12-8-6(10)11-7(2,3)4;1-5(2,3)9-4(7)6-8;1-2(3)4/h1-4H3,(H,8,10);8H,1-3H3,(H,6,7);1H3,(H,3,4). The summed E-state index contributed by atoms with van der Waals surface area (Å²) in [4.78, 5) is 44.4. The molecule has 0 aromatic heterocycles. The van der Waals surface area contributed by atoms with E-state index in [4.69, 9.17) is 19.8 Å². The van der Waals surface area contributed by atoms with Gasteiger partial charge in [0.05, 0.1) is 0 Å². The van der Waals surface area contributed by atoms with Crippen LogP contribution in [0.3, 0.4) is 0 Å². The van der Waals surface area contributed by atoms with Gasteiger partial charge in [0.15, 0.2) is 0 Å². The molecule has 0 bridgehead atoms. The summed E-state index contributed by atoms with van der Waals surface area (Å²) in [6.07, 6.45) is -1.61. The molecule has 2 amide bonds. The molecule has 0 saturated heterocycles. The second-order valence-corrected chi connectivity index (χ2v) is 6.33. The fourth-order valence-electron chi connectivity index (χ4n) is 0.713. The molecule has 0 aliphatic carbocycles. The van der Waals surface area contributed by atoms with E-state index in [1.54, 1.807) is 41.5 Å². The molecule has 0 aliphatic rings. The molecule has 0 saturated carbocycles. The van der Waals surface area contributed by atoms with Crippen molar-refractivity contribution in [3.05, 3.63) is 0 Å². The van der Waals surface area contributed by atoms with E-state index in [9.17, 15) is 14.4 Å². The Morgan fingerprint density at radius 1 is 0.800 bits per heavy atom. The van der Waals surface area contributed by atoms with E-state index >= 15 is 0 Å². The minimum Gasteiger partial charge on any atom is -0.481 e. The zero-order chi connectivity index (χ0) is 20.8. The lowest BCUT2D eigenvalue weighted by Crippen LogP contribution is -2.33. The Morgan fingerprint density at radius 2 is 1.12 bits per heavy atom. The molecule has 0 atom stereocenters. The Balaban J connectivity index is -0.000000328. The SMILES string of the molecule is CC(=O)O.CC(=O)ONC(=O)OC(C)(C)C.CC(C)(C)OC(=O)NO. The number of carboxylic acids is 1. The van der Waals surface area contributed by atoms with Crippen molar-refractivity contribution in [1.29, 1.82) is 0 Å². The molecular weight excluding hydrogens is 340 g/mol. The van der Waals surface area contributed by atoms with Crippen LogP contribution in [-0.2, 0) is 23.9 Å². The number of hydroxylamine groups is 2. The van der Waals surface area contributed by atoms with Crippen LogP contribution in [0.15, 0.2) is 0 Å². The molecule has 0 aromatic rings. The number of carboxylic acid groups (broad SMARTS) is 1. The topological polar surface area (TPSA) is 160 Å². The lowest BCUT2D eigenvalue weighted by atomic mass is 10.2. The van der Waals surface area contributed by atoms with Crippen LogP contribution >= 0.6 is 0 Å². The first kappa shape index (κ1) is 27.3. The van der Waals surface area contributed by atoms with Crippen molar-refractivity contribution in [3.63, 3.8) is 0 Å². The van der Waals surface area contributed by atoms with Crippen LogP contribution in [0.25, 0.3) is 0 Å². The Kier molecular flexibility index (Phi) is 14.0. The monoisotopic (exact) mass is 368 g/mol. The number of ether oxygens (including phenoxy) is 2. The van der Waals surface area contributed by atoms with Gasteiger partial charge in [-0.25, -0.2) is 15.1 Å². The van der Waals surface area contributed by atoms with Gasteiger partial charge >= 0.3 is 18.2 Å². The molecule has 0 spiro atoms. The molecular formula is C14H28N2O9. The van der Waals surface area contributed by atoms with E-state index in [1.807, 2.05) is 5.48 Å². The van der Waals surface area contributed by atoms with Crippen LogP contribution in [0.2, 0.25) is 0 Å². The van der Waals surface area contributed by atoms with Crippen molar-refractivity contribution >= 4 is 24.1 Å². The summed E-state index contributed by atoms with van der Waals surface area (Å²) in [5.41, 5.74) is 2.05. The van der Waals surface area contributed by atoms with Crippen LogP contribution in [-0.4, -0.2) is 45.6 Å². The van der Waals surface area contributed by atoms with Crippen LogP contribution in [0.1, 0.15) is 55.4 Å². The molecule has 0 radical (unpaired) electrons. The first-order valence-electron chi connectivity index (χ1n) is 6.99. The van der Waals surface area contributed by atoms with Crippen molar-refractivity contribution in [2.75, 3.05) is 0 Å². The molecule has 0 fully saturated rings. The van der Waals surface area contributed by atoms with Crippen LogP contribution in [0, 0.1) is 0 Å². The average molecular weight is 368 g/mol. The second kappa shape index (κ2) is 12.8. The number of amides is 2. The van der Waals surface area contributed by atoms with Crippen molar-refractivity contribution in [2.24, 2.45) is 0 Å². The number of aliphatic carboxylic acids is 1.